The molecule has 2 aromatic rings. The van der Waals surface area contributed by atoms with Crippen molar-refractivity contribution in [1.82, 2.24) is 4.98 Å². The summed E-state index contributed by atoms with van der Waals surface area (Å²) in [6, 6.07) is 8.58. The minimum Gasteiger partial charge on any atom is -0.358 e. The molecule has 0 saturated carbocycles. The van der Waals surface area contributed by atoms with E-state index in [-0.39, 0.29) is 0 Å². The molecule has 74 valence electrons. The van der Waals surface area contributed by atoms with Crippen molar-refractivity contribution < 1.29 is 0 Å². The van der Waals surface area contributed by atoms with E-state index in [1.165, 1.54) is 22.2 Å². The summed E-state index contributed by atoms with van der Waals surface area (Å²) >= 11 is 5.67. The first-order valence-corrected chi connectivity index (χ1v) is 5.48. The van der Waals surface area contributed by atoms with Crippen LogP contribution in [0.1, 0.15) is 17.7 Å². The quantitative estimate of drug-likeness (QED) is 0.740. The van der Waals surface area contributed by atoms with E-state index in [2.05, 4.69) is 36.2 Å². The fraction of sp³-hybridized carbons (Fsp3) is 0.333. The number of aromatic nitrogens is 1. The van der Waals surface area contributed by atoms with E-state index in [0.29, 0.717) is 0 Å². The number of hydrogen-bond acceptors (Lipinski definition) is 0. The van der Waals surface area contributed by atoms with Gasteiger partial charge in [0.25, 0.3) is 0 Å². The summed E-state index contributed by atoms with van der Waals surface area (Å²) in [6.07, 6.45) is 2.07. The molecule has 0 atom stereocenters. The van der Waals surface area contributed by atoms with Crippen molar-refractivity contribution in [2.75, 3.05) is 5.88 Å². The second kappa shape index (κ2) is 4.05. The van der Waals surface area contributed by atoms with Crippen LogP contribution in [0.2, 0.25) is 0 Å². The Morgan fingerprint density at radius 1 is 1.36 bits per heavy atom. The van der Waals surface area contributed by atoms with Gasteiger partial charge in [0.1, 0.15) is 0 Å². The normalized spacial score (nSPS) is 11.0. The van der Waals surface area contributed by atoms with Gasteiger partial charge in [0.15, 0.2) is 0 Å². The summed E-state index contributed by atoms with van der Waals surface area (Å²) in [6.45, 7) is 2.13. The SMILES string of the molecule is Cc1cccc2cc(CCCCl)[nH]c12. The highest BCUT2D eigenvalue weighted by molar-refractivity contribution is 6.17. The first-order chi connectivity index (χ1) is 6.81. The molecule has 1 heterocycles. The number of para-hydroxylation sites is 1. The molecule has 0 aliphatic heterocycles. The highest BCUT2D eigenvalue weighted by Crippen LogP contribution is 2.19. The van der Waals surface area contributed by atoms with E-state index in [1.807, 2.05) is 0 Å². The van der Waals surface area contributed by atoms with Crippen LogP contribution in [0.4, 0.5) is 0 Å². The third-order valence-electron chi connectivity index (χ3n) is 2.50. The van der Waals surface area contributed by atoms with Crippen molar-refractivity contribution in [1.29, 1.82) is 0 Å². The molecule has 2 heteroatoms. The van der Waals surface area contributed by atoms with E-state index in [1.54, 1.807) is 0 Å². The molecule has 0 saturated heterocycles. The molecule has 0 amide bonds. The summed E-state index contributed by atoms with van der Waals surface area (Å²) < 4.78 is 0. The van der Waals surface area contributed by atoms with Crippen LogP contribution < -0.4 is 0 Å². The molecule has 1 aromatic carbocycles. The number of benzene rings is 1. The number of fused-ring (bicyclic) bond motifs is 1. The number of alkyl halides is 1. The van der Waals surface area contributed by atoms with Crippen molar-refractivity contribution in [3.05, 3.63) is 35.5 Å². The number of H-pyrrole nitrogens is 1. The van der Waals surface area contributed by atoms with Crippen LogP contribution >= 0.6 is 11.6 Å². The number of halogens is 1. The maximum atomic E-state index is 5.67. The molecule has 0 fully saturated rings. The predicted octanol–water partition coefficient (Wildman–Crippen LogP) is 3.65. The van der Waals surface area contributed by atoms with Crippen LogP contribution in [-0.2, 0) is 6.42 Å². The molecule has 0 bridgehead atoms. The second-order valence-electron chi connectivity index (χ2n) is 3.63. The summed E-state index contributed by atoms with van der Waals surface area (Å²) in [7, 11) is 0. The lowest BCUT2D eigenvalue weighted by Crippen LogP contribution is -1.85. The van der Waals surface area contributed by atoms with Crippen LogP contribution in [0.15, 0.2) is 24.3 Å². The number of aromatic amines is 1. The van der Waals surface area contributed by atoms with E-state index in [9.17, 15) is 0 Å². The van der Waals surface area contributed by atoms with E-state index < -0.39 is 0 Å². The van der Waals surface area contributed by atoms with Gasteiger partial charge >= 0.3 is 0 Å². The zero-order valence-corrected chi connectivity index (χ0v) is 9.06. The third-order valence-corrected chi connectivity index (χ3v) is 2.77. The van der Waals surface area contributed by atoms with Crippen molar-refractivity contribution in [2.24, 2.45) is 0 Å². The summed E-state index contributed by atoms with van der Waals surface area (Å²) in [4.78, 5) is 3.44. The van der Waals surface area contributed by atoms with E-state index >= 15 is 0 Å². The van der Waals surface area contributed by atoms with E-state index in [0.717, 1.165) is 18.7 Å². The maximum absolute atomic E-state index is 5.67. The van der Waals surface area contributed by atoms with Gasteiger partial charge in [0.05, 0.1) is 0 Å². The van der Waals surface area contributed by atoms with Crippen LogP contribution in [0, 0.1) is 6.92 Å². The first-order valence-electron chi connectivity index (χ1n) is 4.94. The van der Waals surface area contributed by atoms with Crippen molar-refractivity contribution in [2.45, 2.75) is 19.8 Å². The molecule has 1 aromatic heterocycles. The zero-order valence-electron chi connectivity index (χ0n) is 8.31. The summed E-state index contributed by atoms with van der Waals surface area (Å²) in [5.41, 5.74) is 3.85. The molecular formula is C12H14ClN. The van der Waals surface area contributed by atoms with Gasteiger partial charge in [-0.15, -0.1) is 11.6 Å². The Balaban J connectivity index is 2.36. The molecule has 0 aliphatic carbocycles. The molecule has 0 radical (unpaired) electrons. The molecule has 0 aliphatic rings. The molecule has 0 spiro atoms. The topological polar surface area (TPSA) is 15.8 Å². The van der Waals surface area contributed by atoms with Crippen LogP contribution in [-0.4, -0.2) is 10.9 Å². The summed E-state index contributed by atoms with van der Waals surface area (Å²) in [5, 5.41) is 1.30. The van der Waals surface area contributed by atoms with Crippen LogP contribution in [0.5, 0.6) is 0 Å². The number of nitrogens with one attached hydrogen (secondary N) is 1. The zero-order chi connectivity index (χ0) is 9.97. The van der Waals surface area contributed by atoms with Gasteiger partial charge in [-0.3, -0.25) is 0 Å². The minimum atomic E-state index is 0.731. The maximum Gasteiger partial charge on any atom is 0.0485 e. The molecular weight excluding hydrogens is 194 g/mol. The molecule has 14 heavy (non-hydrogen) atoms. The monoisotopic (exact) mass is 207 g/mol. The number of rotatable bonds is 3. The van der Waals surface area contributed by atoms with Gasteiger partial charge < -0.3 is 4.98 Å². The average molecular weight is 208 g/mol. The van der Waals surface area contributed by atoms with Crippen molar-refractivity contribution in [3.63, 3.8) is 0 Å². The Labute approximate surface area is 89.1 Å². The Morgan fingerprint density at radius 2 is 2.21 bits per heavy atom. The number of aryl methyl sites for hydroxylation is 2. The first kappa shape index (κ1) is 9.60. The van der Waals surface area contributed by atoms with Gasteiger partial charge in [-0.1, -0.05) is 18.2 Å². The third kappa shape index (κ3) is 1.78. The lowest BCUT2D eigenvalue weighted by molar-refractivity contribution is 0.902. The van der Waals surface area contributed by atoms with Gasteiger partial charge in [0, 0.05) is 17.1 Å². The number of hydrogen-bond donors (Lipinski definition) is 1. The Morgan fingerprint density at radius 3 is 2.93 bits per heavy atom. The smallest absolute Gasteiger partial charge is 0.0485 e. The van der Waals surface area contributed by atoms with E-state index in [4.69, 9.17) is 11.6 Å². The minimum absolute atomic E-state index is 0.731. The standard InChI is InChI=1S/C12H14ClN/c1-9-4-2-5-10-8-11(6-3-7-13)14-12(9)10/h2,4-5,8,14H,3,6-7H2,1H3. The highest BCUT2D eigenvalue weighted by atomic mass is 35.5. The predicted molar refractivity (Wildman–Crippen MR) is 62.1 cm³/mol. The molecule has 0 unspecified atom stereocenters. The Hall–Kier alpha value is -0.950. The van der Waals surface area contributed by atoms with Gasteiger partial charge in [-0.25, -0.2) is 0 Å². The largest absolute Gasteiger partial charge is 0.358 e. The molecule has 2 rings (SSSR count). The van der Waals surface area contributed by atoms with Gasteiger partial charge in [-0.2, -0.15) is 0 Å². The fourth-order valence-electron chi connectivity index (χ4n) is 1.76. The van der Waals surface area contributed by atoms with Gasteiger partial charge in [-0.05, 0) is 36.8 Å². The second-order valence-corrected chi connectivity index (χ2v) is 4.00. The lowest BCUT2D eigenvalue weighted by Gasteiger charge is -1.94. The summed E-state index contributed by atoms with van der Waals surface area (Å²) in [5.74, 6) is 0.731. The Kier molecular flexibility index (Phi) is 2.78. The average Bonchev–Trinajstić information content (AvgIpc) is 2.59. The lowest BCUT2D eigenvalue weighted by atomic mass is 10.1. The highest BCUT2D eigenvalue weighted by Gasteiger charge is 2.01. The van der Waals surface area contributed by atoms with Crippen LogP contribution in [0.25, 0.3) is 10.9 Å². The van der Waals surface area contributed by atoms with Crippen molar-refractivity contribution >= 4 is 22.5 Å². The van der Waals surface area contributed by atoms with Crippen LogP contribution in [0.3, 0.4) is 0 Å². The molecule has 1 N–H and O–H groups in total. The molecule has 1 nitrogen and oxygen atoms in total. The Bertz CT molecular complexity index is 431. The van der Waals surface area contributed by atoms with Gasteiger partial charge in [0.2, 0.25) is 0 Å². The fourth-order valence-corrected chi connectivity index (χ4v) is 1.89. The van der Waals surface area contributed by atoms with Crippen molar-refractivity contribution in [3.8, 4) is 0 Å².